The van der Waals surface area contributed by atoms with E-state index >= 15 is 0 Å². The van der Waals surface area contributed by atoms with Crippen LogP contribution in [0.4, 0.5) is 0 Å². The smallest absolute Gasteiger partial charge is 0.172 e. The molecule has 0 aliphatic heterocycles. The van der Waals surface area contributed by atoms with E-state index < -0.39 is 0 Å². The molecule has 4 nitrogen and oxygen atoms in total. The number of carbonyl (C=O) groups is 1. The first-order valence-electron chi connectivity index (χ1n) is 7.66. The Balaban J connectivity index is 1.84. The van der Waals surface area contributed by atoms with Gasteiger partial charge < -0.3 is 0 Å². The molecule has 0 bridgehead atoms. The molecule has 1 aromatic carbocycles. The van der Waals surface area contributed by atoms with E-state index in [-0.39, 0.29) is 0 Å². The summed E-state index contributed by atoms with van der Waals surface area (Å²) in [5.74, 6) is 0.993. The summed E-state index contributed by atoms with van der Waals surface area (Å²) in [6.07, 6.45) is 4.34. The summed E-state index contributed by atoms with van der Waals surface area (Å²) < 4.78 is 1.90. The van der Waals surface area contributed by atoms with Crippen molar-refractivity contribution in [2.75, 3.05) is 0 Å². The highest BCUT2D eigenvalue weighted by Gasteiger charge is 2.27. The van der Waals surface area contributed by atoms with Gasteiger partial charge in [0.2, 0.25) is 0 Å². The van der Waals surface area contributed by atoms with E-state index in [2.05, 4.69) is 48.4 Å². The van der Waals surface area contributed by atoms with Crippen molar-refractivity contribution in [3.63, 3.8) is 0 Å². The molecule has 0 saturated heterocycles. The lowest BCUT2D eigenvalue weighted by molar-refractivity contribution is 0.111. The van der Waals surface area contributed by atoms with Crippen molar-refractivity contribution in [3.8, 4) is 0 Å². The largest absolute Gasteiger partial charge is 0.296 e. The molecule has 0 unspecified atom stereocenters. The van der Waals surface area contributed by atoms with Crippen LogP contribution in [-0.2, 0) is 6.54 Å². The monoisotopic (exact) mass is 283 g/mol. The fraction of sp³-hybridized carbons (Fsp3) is 0.471. The second-order valence-electron chi connectivity index (χ2n) is 6.16. The highest BCUT2D eigenvalue weighted by Crippen LogP contribution is 2.37. The molecule has 1 saturated carbocycles. The Morgan fingerprint density at radius 3 is 2.52 bits per heavy atom. The fourth-order valence-corrected chi connectivity index (χ4v) is 2.82. The van der Waals surface area contributed by atoms with Gasteiger partial charge in [0, 0.05) is 5.92 Å². The number of aldehydes is 1. The maximum atomic E-state index is 11.1. The SMILES string of the molecule is CC(C)c1ccc(Cn2nnc(C=O)c2C2CCC2)cc1. The molecule has 2 aromatic rings. The third-order valence-electron chi connectivity index (χ3n) is 4.38. The molecule has 1 aromatic heterocycles. The van der Waals surface area contributed by atoms with Crippen LogP contribution in [0, 0.1) is 0 Å². The maximum Gasteiger partial charge on any atom is 0.172 e. The van der Waals surface area contributed by atoms with Gasteiger partial charge in [0.25, 0.3) is 0 Å². The maximum absolute atomic E-state index is 11.1. The summed E-state index contributed by atoms with van der Waals surface area (Å²) in [6, 6.07) is 8.62. The Morgan fingerprint density at radius 2 is 2.00 bits per heavy atom. The van der Waals surface area contributed by atoms with Crippen molar-refractivity contribution in [2.45, 2.75) is 51.5 Å². The Hall–Kier alpha value is -1.97. The lowest BCUT2D eigenvalue weighted by Crippen LogP contribution is -2.17. The summed E-state index contributed by atoms with van der Waals surface area (Å²) in [5.41, 5.74) is 4.06. The molecule has 0 atom stereocenters. The second kappa shape index (κ2) is 5.80. The quantitative estimate of drug-likeness (QED) is 0.789. The highest BCUT2D eigenvalue weighted by molar-refractivity contribution is 5.73. The number of nitrogens with zero attached hydrogens (tertiary/aromatic N) is 3. The van der Waals surface area contributed by atoms with E-state index in [0.29, 0.717) is 24.1 Å². The topological polar surface area (TPSA) is 47.8 Å². The average Bonchev–Trinajstić information content (AvgIpc) is 2.80. The molecule has 0 spiro atoms. The van der Waals surface area contributed by atoms with E-state index in [0.717, 1.165) is 24.8 Å². The molecule has 21 heavy (non-hydrogen) atoms. The van der Waals surface area contributed by atoms with Gasteiger partial charge in [0.15, 0.2) is 6.29 Å². The molecular weight excluding hydrogens is 262 g/mol. The molecule has 3 rings (SSSR count). The van der Waals surface area contributed by atoms with Gasteiger partial charge in [-0.15, -0.1) is 5.10 Å². The minimum atomic E-state index is 0.454. The van der Waals surface area contributed by atoms with Crippen LogP contribution >= 0.6 is 0 Å². The molecule has 1 aliphatic carbocycles. The first-order valence-corrected chi connectivity index (χ1v) is 7.66. The van der Waals surface area contributed by atoms with Crippen LogP contribution in [0.5, 0.6) is 0 Å². The van der Waals surface area contributed by atoms with Gasteiger partial charge in [-0.3, -0.25) is 4.79 Å². The Labute approximate surface area is 125 Å². The molecule has 1 aliphatic rings. The summed E-state index contributed by atoms with van der Waals surface area (Å²) in [7, 11) is 0. The van der Waals surface area contributed by atoms with Crippen molar-refractivity contribution in [3.05, 3.63) is 46.8 Å². The highest BCUT2D eigenvalue weighted by atomic mass is 16.1. The lowest BCUT2D eigenvalue weighted by Gasteiger charge is -2.26. The number of benzene rings is 1. The number of hydrogen-bond acceptors (Lipinski definition) is 3. The van der Waals surface area contributed by atoms with E-state index in [4.69, 9.17) is 0 Å². The van der Waals surface area contributed by atoms with Crippen molar-refractivity contribution in [1.29, 1.82) is 0 Å². The molecule has 1 fully saturated rings. The lowest BCUT2D eigenvalue weighted by atomic mass is 9.82. The first-order chi connectivity index (χ1) is 10.2. The van der Waals surface area contributed by atoms with Crippen LogP contribution in [0.25, 0.3) is 0 Å². The van der Waals surface area contributed by atoms with Crippen LogP contribution in [0.2, 0.25) is 0 Å². The van der Waals surface area contributed by atoms with Gasteiger partial charge >= 0.3 is 0 Å². The zero-order valence-corrected chi connectivity index (χ0v) is 12.6. The number of carbonyl (C=O) groups excluding carboxylic acids is 1. The number of rotatable bonds is 5. The standard InChI is InChI=1S/C17H21N3O/c1-12(2)14-8-6-13(7-9-14)10-20-17(15-4-3-5-15)16(11-21)18-19-20/h6-9,11-12,15H,3-5,10H2,1-2H3. The van der Waals surface area contributed by atoms with Gasteiger partial charge in [-0.05, 0) is 29.9 Å². The first kappa shape index (κ1) is 14.0. The van der Waals surface area contributed by atoms with Crippen LogP contribution < -0.4 is 0 Å². The van der Waals surface area contributed by atoms with Crippen LogP contribution in [-0.4, -0.2) is 21.3 Å². The number of aromatic nitrogens is 3. The zero-order valence-electron chi connectivity index (χ0n) is 12.6. The van der Waals surface area contributed by atoms with Crippen molar-refractivity contribution in [2.24, 2.45) is 0 Å². The Morgan fingerprint density at radius 1 is 1.29 bits per heavy atom. The molecular formula is C17H21N3O. The molecule has 1 heterocycles. The van der Waals surface area contributed by atoms with Crippen LogP contribution in [0.1, 0.15) is 72.3 Å². The van der Waals surface area contributed by atoms with Crippen molar-refractivity contribution < 1.29 is 4.79 Å². The van der Waals surface area contributed by atoms with E-state index in [1.807, 2.05) is 4.68 Å². The van der Waals surface area contributed by atoms with Gasteiger partial charge in [-0.2, -0.15) is 0 Å². The van der Waals surface area contributed by atoms with Gasteiger partial charge in [0.05, 0.1) is 12.2 Å². The van der Waals surface area contributed by atoms with Gasteiger partial charge in [0.1, 0.15) is 5.69 Å². The van der Waals surface area contributed by atoms with E-state index in [1.54, 1.807) is 0 Å². The normalized spacial score (nSPS) is 15.2. The van der Waals surface area contributed by atoms with E-state index in [9.17, 15) is 4.79 Å². The number of hydrogen-bond donors (Lipinski definition) is 0. The van der Waals surface area contributed by atoms with E-state index in [1.165, 1.54) is 17.5 Å². The summed E-state index contributed by atoms with van der Waals surface area (Å²) in [4.78, 5) is 11.1. The zero-order chi connectivity index (χ0) is 14.8. The molecule has 0 radical (unpaired) electrons. The predicted octanol–water partition coefficient (Wildman–Crippen LogP) is 3.53. The third-order valence-corrected chi connectivity index (χ3v) is 4.38. The molecule has 0 amide bonds. The van der Waals surface area contributed by atoms with Crippen LogP contribution in [0.15, 0.2) is 24.3 Å². The summed E-state index contributed by atoms with van der Waals surface area (Å²) in [6.45, 7) is 5.07. The molecule has 110 valence electrons. The molecule has 4 heteroatoms. The minimum absolute atomic E-state index is 0.454. The third kappa shape index (κ3) is 2.75. The van der Waals surface area contributed by atoms with Crippen LogP contribution in [0.3, 0.4) is 0 Å². The van der Waals surface area contributed by atoms with Crippen molar-refractivity contribution in [1.82, 2.24) is 15.0 Å². The minimum Gasteiger partial charge on any atom is -0.296 e. The van der Waals surface area contributed by atoms with Gasteiger partial charge in [-0.1, -0.05) is 49.7 Å². The Bertz CT molecular complexity index is 624. The Kier molecular flexibility index (Phi) is 3.86. The predicted molar refractivity (Wildman–Crippen MR) is 81.6 cm³/mol. The summed E-state index contributed by atoms with van der Waals surface area (Å²) >= 11 is 0. The summed E-state index contributed by atoms with van der Waals surface area (Å²) in [5, 5.41) is 8.20. The molecule has 0 N–H and O–H groups in total. The van der Waals surface area contributed by atoms with Gasteiger partial charge in [-0.25, -0.2) is 4.68 Å². The van der Waals surface area contributed by atoms with Crippen molar-refractivity contribution >= 4 is 6.29 Å². The average molecular weight is 283 g/mol. The fourth-order valence-electron chi connectivity index (χ4n) is 2.82. The second-order valence-corrected chi connectivity index (χ2v) is 6.16.